The Hall–Kier alpha value is -2.99. The van der Waals surface area contributed by atoms with Gasteiger partial charge in [-0.1, -0.05) is 18.2 Å². The average Bonchev–Trinajstić information content (AvgIpc) is 3.04. The van der Waals surface area contributed by atoms with Gasteiger partial charge in [0.25, 0.3) is 11.7 Å². The van der Waals surface area contributed by atoms with Crippen LogP contribution < -0.4 is 0 Å². The SMILES string of the molecule is COCCCN1C(=O)C(=O)/C(=C(\O)c2ccc3c(c2)CCCC3)C1c1cccnc1. The molecule has 1 fully saturated rings. The zero-order chi connectivity index (χ0) is 21.1. The van der Waals surface area contributed by atoms with E-state index in [9.17, 15) is 14.7 Å². The second-order valence-corrected chi connectivity index (χ2v) is 7.82. The van der Waals surface area contributed by atoms with Crippen LogP contribution in [0.2, 0.25) is 0 Å². The van der Waals surface area contributed by atoms with Crippen LogP contribution in [0.15, 0.2) is 48.3 Å². The predicted molar refractivity (Wildman–Crippen MR) is 113 cm³/mol. The van der Waals surface area contributed by atoms with Gasteiger partial charge in [0, 0.05) is 38.2 Å². The lowest BCUT2D eigenvalue weighted by Gasteiger charge is -2.25. The van der Waals surface area contributed by atoms with Gasteiger partial charge in [0.15, 0.2) is 0 Å². The minimum atomic E-state index is -0.661. The number of Topliss-reactive ketones (excluding diaryl/α,β-unsaturated/α-hetero) is 1. The fraction of sp³-hybridized carbons (Fsp3) is 0.375. The number of aliphatic hydroxyl groups is 1. The number of ether oxygens (including phenoxy) is 1. The number of fused-ring (bicyclic) bond motifs is 1. The van der Waals surface area contributed by atoms with E-state index in [-0.39, 0.29) is 11.3 Å². The van der Waals surface area contributed by atoms with Gasteiger partial charge in [-0.2, -0.15) is 0 Å². The van der Waals surface area contributed by atoms with Crippen molar-refractivity contribution in [2.75, 3.05) is 20.3 Å². The number of benzene rings is 1. The van der Waals surface area contributed by atoms with Crippen molar-refractivity contribution >= 4 is 17.4 Å². The first-order valence-electron chi connectivity index (χ1n) is 10.4. The number of likely N-dealkylation sites (tertiary alicyclic amines) is 1. The summed E-state index contributed by atoms with van der Waals surface area (Å²) in [6.07, 6.45) is 8.18. The van der Waals surface area contributed by atoms with Crippen molar-refractivity contribution in [1.82, 2.24) is 9.88 Å². The maximum Gasteiger partial charge on any atom is 0.295 e. The first kappa shape index (κ1) is 20.3. The molecule has 6 nitrogen and oxygen atoms in total. The summed E-state index contributed by atoms with van der Waals surface area (Å²) in [4.78, 5) is 31.5. The van der Waals surface area contributed by atoms with Crippen LogP contribution in [0.4, 0.5) is 0 Å². The number of ketones is 1. The Kier molecular flexibility index (Phi) is 5.95. The molecule has 0 radical (unpaired) electrons. The van der Waals surface area contributed by atoms with Crippen LogP contribution >= 0.6 is 0 Å². The third-order valence-corrected chi connectivity index (χ3v) is 5.91. The Labute approximate surface area is 176 Å². The summed E-state index contributed by atoms with van der Waals surface area (Å²) in [5, 5.41) is 11.2. The summed E-state index contributed by atoms with van der Waals surface area (Å²) in [7, 11) is 1.60. The van der Waals surface area contributed by atoms with Crippen molar-refractivity contribution in [2.24, 2.45) is 0 Å². The fourth-order valence-corrected chi connectivity index (χ4v) is 4.41. The molecular weight excluding hydrogens is 380 g/mol. The number of pyridine rings is 1. The standard InChI is InChI=1S/C24H26N2O4/c1-30-13-5-12-26-21(19-8-4-11-25-15-19)20(23(28)24(26)29)22(27)18-10-9-16-6-2-3-7-17(16)14-18/h4,8-11,14-15,21,27H,2-3,5-7,12-13H2,1H3/b22-20-. The monoisotopic (exact) mass is 406 g/mol. The van der Waals surface area contributed by atoms with Gasteiger partial charge in [0.1, 0.15) is 5.76 Å². The van der Waals surface area contributed by atoms with Gasteiger partial charge >= 0.3 is 0 Å². The van der Waals surface area contributed by atoms with E-state index in [2.05, 4.69) is 4.98 Å². The summed E-state index contributed by atoms with van der Waals surface area (Å²) in [5.74, 6) is -1.37. The van der Waals surface area contributed by atoms with Crippen LogP contribution in [-0.2, 0) is 27.2 Å². The molecule has 1 N–H and O–H groups in total. The fourth-order valence-electron chi connectivity index (χ4n) is 4.41. The first-order valence-corrected chi connectivity index (χ1v) is 10.4. The lowest BCUT2D eigenvalue weighted by Crippen LogP contribution is -2.31. The molecule has 156 valence electrons. The number of carbonyl (C=O) groups is 2. The lowest BCUT2D eigenvalue weighted by molar-refractivity contribution is -0.140. The molecule has 1 aliphatic heterocycles. The zero-order valence-electron chi connectivity index (χ0n) is 17.1. The highest BCUT2D eigenvalue weighted by Gasteiger charge is 2.45. The molecule has 0 spiro atoms. The van der Waals surface area contributed by atoms with Crippen LogP contribution in [0, 0.1) is 0 Å². The van der Waals surface area contributed by atoms with E-state index in [0.29, 0.717) is 30.7 Å². The summed E-state index contributed by atoms with van der Waals surface area (Å²) < 4.78 is 5.10. The third kappa shape index (κ3) is 3.75. The second-order valence-electron chi connectivity index (χ2n) is 7.82. The van der Waals surface area contributed by atoms with E-state index >= 15 is 0 Å². The number of aryl methyl sites for hydroxylation is 2. The van der Waals surface area contributed by atoms with Gasteiger partial charge in [-0.3, -0.25) is 14.6 Å². The number of rotatable bonds is 6. The van der Waals surface area contributed by atoms with E-state index in [0.717, 1.165) is 19.3 Å². The Balaban J connectivity index is 1.79. The maximum absolute atomic E-state index is 13.0. The maximum atomic E-state index is 13.0. The minimum absolute atomic E-state index is 0.121. The molecule has 1 atom stereocenters. The normalized spacial score (nSPS) is 20.4. The highest BCUT2D eigenvalue weighted by molar-refractivity contribution is 6.46. The molecular formula is C24H26N2O4. The number of carbonyl (C=O) groups excluding carboxylic acids is 2. The summed E-state index contributed by atoms with van der Waals surface area (Å²) >= 11 is 0. The number of aromatic nitrogens is 1. The Morgan fingerprint density at radius 1 is 1.20 bits per heavy atom. The number of amides is 1. The topological polar surface area (TPSA) is 79.7 Å². The second kappa shape index (κ2) is 8.79. The summed E-state index contributed by atoms with van der Waals surface area (Å²) in [6.45, 7) is 0.840. The van der Waals surface area contributed by atoms with Gasteiger partial charge in [0.05, 0.1) is 11.6 Å². The minimum Gasteiger partial charge on any atom is -0.507 e. The molecule has 0 bridgehead atoms. The Bertz CT molecular complexity index is 984. The van der Waals surface area contributed by atoms with Crippen molar-refractivity contribution < 1.29 is 19.4 Å². The molecule has 4 rings (SSSR count). The van der Waals surface area contributed by atoms with Crippen molar-refractivity contribution in [3.8, 4) is 0 Å². The molecule has 1 saturated heterocycles. The molecule has 2 heterocycles. The van der Waals surface area contributed by atoms with Crippen molar-refractivity contribution in [2.45, 2.75) is 38.1 Å². The van der Waals surface area contributed by atoms with Gasteiger partial charge in [-0.05, 0) is 60.9 Å². The number of hydrogen-bond acceptors (Lipinski definition) is 5. The molecule has 2 aromatic rings. The first-order chi connectivity index (χ1) is 14.6. The zero-order valence-corrected chi connectivity index (χ0v) is 17.1. The van der Waals surface area contributed by atoms with Crippen LogP contribution in [-0.4, -0.2) is 46.9 Å². The molecule has 1 aliphatic carbocycles. The van der Waals surface area contributed by atoms with Crippen LogP contribution in [0.25, 0.3) is 5.76 Å². The summed E-state index contributed by atoms with van der Waals surface area (Å²) in [5.41, 5.74) is 3.91. The predicted octanol–water partition coefficient (Wildman–Crippen LogP) is 3.42. The molecule has 0 saturated carbocycles. The molecule has 1 amide bonds. The number of nitrogens with zero attached hydrogens (tertiary/aromatic N) is 2. The Morgan fingerprint density at radius 3 is 2.73 bits per heavy atom. The number of aliphatic hydroxyl groups excluding tert-OH is 1. The molecule has 30 heavy (non-hydrogen) atoms. The third-order valence-electron chi connectivity index (χ3n) is 5.91. The Morgan fingerprint density at radius 2 is 2.00 bits per heavy atom. The van der Waals surface area contributed by atoms with Crippen molar-refractivity contribution in [1.29, 1.82) is 0 Å². The highest BCUT2D eigenvalue weighted by atomic mass is 16.5. The van der Waals surface area contributed by atoms with E-state index < -0.39 is 17.7 Å². The number of hydrogen-bond donors (Lipinski definition) is 1. The van der Waals surface area contributed by atoms with Gasteiger partial charge in [-0.15, -0.1) is 0 Å². The molecule has 2 aliphatic rings. The van der Waals surface area contributed by atoms with E-state index in [1.54, 1.807) is 25.6 Å². The van der Waals surface area contributed by atoms with E-state index in [4.69, 9.17) is 4.74 Å². The molecule has 1 aromatic carbocycles. The van der Waals surface area contributed by atoms with Crippen LogP contribution in [0.5, 0.6) is 0 Å². The average molecular weight is 406 g/mol. The van der Waals surface area contributed by atoms with Gasteiger partial charge in [0.2, 0.25) is 0 Å². The molecule has 1 aromatic heterocycles. The highest BCUT2D eigenvalue weighted by Crippen LogP contribution is 2.39. The van der Waals surface area contributed by atoms with Gasteiger partial charge < -0.3 is 14.7 Å². The lowest BCUT2D eigenvalue weighted by atomic mass is 9.89. The quantitative estimate of drug-likeness (QED) is 0.344. The van der Waals surface area contributed by atoms with Crippen molar-refractivity contribution in [3.05, 3.63) is 70.6 Å². The van der Waals surface area contributed by atoms with Crippen LogP contribution in [0.3, 0.4) is 0 Å². The van der Waals surface area contributed by atoms with E-state index in [1.165, 1.54) is 22.4 Å². The molecule has 1 unspecified atom stereocenters. The number of methoxy groups -OCH3 is 1. The summed E-state index contributed by atoms with van der Waals surface area (Å²) in [6, 6.07) is 8.76. The van der Waals surface area contributed by atoms with E-state index in [1.807, 2.05) is 24.3 Å². The largest absolute Gasteiger partial charge is 0.507 e. The smallest absolute Gasteiger partial charge is 0.295 e. The molecule has 6 heteroatoms. The van der Waals surface area contributed by atoms with Crippen molar-refractivity contribution in [3.63, 3.8) is 0 Å². The van der Waals surface area contributed by atoms with Gasteiger partial charge in [-0.25, -0.2) is 0 Å². The van der Waals surface area contributed by atoms with Crippen LogP contribution in [0.1, 0.15) is 47.6 Å².